The standard InChI is InChI=1S/C14H20N2O2/c1-2-18-13-6-4-3-5-12(13)11-14(17)16-9-7-15-8-10-16/h3-6,15H,2,7-11H2,1H3. The summed E-state index contributed by atoms with van der Waals surface area (Å²) in [4.78, 5) is 14.1. The van der Waals surface area contributed by atoms with Crippen LogP contribution in [0.25, 0.3) is 0 Å². The highest BCUT2D eigenvalue weighted by Gasteiger charge is 2.17. The molecule has 4 heteroatoms. The second-order valence-corrected chi connectivity index (χ2v) is 4.35. The highest BCUT2D eigenvalue weighted by Crippen LogP contribution is 2.19. The van der Waals surface area contributed by atoms with E-state index in [-0.39, 0.29) is 5.91 Å². The summed E-state index contributed by atoms with van der Waals surface area (Å²) in [5.41, 5.74) is 0.975. The summed E-state index contributed by atoms with van der Waals surface area (Å²) in [5.74, 6) is 1.01. The molecule has 2 rings (SSSR count). The lowest BCUT2D eigenvalue weighted by molar-refractivity contribution is -0.131. The Kier molecular flexibility index (Phi) is 4.59. The number of para-hydroxylation sites is 1. The molecule has 1 N–H and O–H groups in total. The van der Waals surface area contributed by atoms with Gasteiger partial charge in [0.25, 0.3) is 0 Å². The summed E-state index contributed by atoms with van der Waals surface area (Å²) in [5, 5.41) is 3.25. The minimum absolute atomic E-state index is 0.184. The largest absolute Gasteiger partial charge is 0.494 e. The summed E-state index contributed by atoms with van der Waals surface area (Å²) < 4.78 is 5.54. The topological polar surface area (TPSA) is 41.6 Å². The molecule has 1 aromatic carbocycles. The third-order valence-corrected chi connectivity index (χ3v) is 3.08. The Hall–Kier alpha value is -1.55. The van der Waals surface area contributed by atoms with Gasteiger partial charge in [0.05, 0.1) is 13.0 Å². The second kappa shape index (κ2) is 6.40. The van der Waals surface area contributed by atoms with E-state index in [4.69, 9.17) is 4.74 Å². The predicted molar refractivity (Wildman–Crippen MR) is 70.8 cm³/mol. The number of nitrogens with zero attached hydrogens (tertiary/aromatic N) is 1. The van der Waals surface area contributed by atoms with Crippen LogP contribution >= 0.6 is 0 Å². The van der Waals surface area contributed by atoms with E-state index in [0.717, 1.165) is 37.5 Å². The molecule has 0 atom stereocenters. The molecule has 1 aliphatic rings. The van der Waals surface area contributed by atoms with Crippen LogP contribution in [0.1, 0.15) is 12.5 Å². The average molecular weight is 248 g/mol. The molecule has 1 fully saturated rings. The van der Waals surface area contributed by atoms with Gasteiger partial charge in [-0.05, 0) is 13.0 Å². The van der Waals surface area contributed by atoms with Crippen LogP contribution in [0.5, 0.6) is 5.75 Å². The van der Waals surface area contributed by atoms with E-state index in [1.807, 2.05) is 36.1 Å². The molecule has 1 amide bonds. The molecule has 1 heterocycles. The van der Waals surface area contributed by atoms with Crippen LogP contribution < -0.4 is 10.1 Å². The molecular weight excluding hydrogens is 228 g/mol. The van der Waals surface area contributed by atoms with Gasteiger partial charge in [0.2, 0.25) is 5.91 Å². The van der Waals surface area contributed by atoms with Gasteiger partial charge in [0, 0.05) is 31.7 Å². The number of hydrogen-bond acceptors (Lipinski definition) is 3. The lowest BCUT2D eigenvalue weighted by Crippen LogP contribution is -2.46. The number of amides is 1. The van der Waals surface area contributed by atoms with Crippen molar-refractivity contribution in [3.63, 3.8) is 0 Å². The summed E-state index contributed by atoms with van der Waals surface area (Å²) >= 11 is 0. The lowest BCUT2D eigenvalue weighted by atomic mass is 10.1. The molecule has 0 unspecified atom stereocenters. The molecule has 1 saturated heterocycles. The summed E-state index contributed by atoms with van der Waals surface area (Å²) in [6, 6.07) is 7.77. The van der Waals surface area contributed by atoms with E-state index in [2.05, 4.69) is 5.32 Å². The lowest BCUT2D eigenvalue weighted by Gasteiger charge is -2.27. The number of ether oxygens (including phenoxy) is 1. The number of carbonyl (C=O) groups excluding carboxylic acids is 1. The van der Waals surface area contributed by atoms with Gasteiger partial charge in [-0.15, -0.1) is 0 Å². The quantitative estimate of drug-likeness (QED) is 0.866. The molecule has 0 aromatic heterocycles. The van der Waals surface area contributed by atoms with Crippen molar-refractivity contribution in [2.75, 3.05) is 32.8 Å². The maximum atomic E-state index is 12.2. The van der Waals surface area contributed by atoms with E-state index in [1.165, 1.54) is 0 Å². The average Bonchev–Trinajstić information content (AvgIpc) is 2.42. The van der Waals surface area contributed by atoms with Crippen molar-refractivity contribution < 1.29 is 9.53 Å². The number of rotatable bonds is 4. The first kappa shape index (κ1) is 12.9. The van der Waals surface area contributed by atoms with Gasteiger partial charge >= 0.3 is 0 Å². The SMILES string of the molecule is CCOc1ccccc1CC(=O)N1CCNCC1. The monoisotopic (exact) mass is 248 g/mol. The smallest absolute Gasteiger partial charge is 0.227 e. The van der Waals surface area contributed by atoms with Crippen molar-refractivity contribution in [3.8, 4) is 5.75 Å². The Balaban J connectivity index is 2.01. The van der Waals surface area contributed by atoms with Crippen LogP contribution in [-0.4, -0.2) is 43.6 Å². The molecule has 0 radical (unpaired) electrons. The Bertz CT molecular complexity index is 401. The minimum atomic E-state index is 0.184. The normalized spacial score (nSPS) is 15.5. The fourth-order valence-corrected chi connectivity index (χ4v) is 2.14. The van der Waals surface area contributed by atoms with Crippen LogP contribution in [0, 0.1) is 0 Å². The Morgan fingerprint density at radius 1 is 1.33 bits per heavy atom. The van der Waals surface area contributed by atoms with Crippen molar-refractivity contribution in [3.05, 3.63) is 29.8 Å². The van der Waals surface area contributed by atoms with Gasteiger partial charge in [-0.2, -0.15) is 0 Å². The fraction of sp³-hybridized carbons (Fsp3) is 0.500. The van der Waals surface area contributed by atoms with Crippen LogP contribution in [0.2, 0.25) is 0 Å². The molecule has 0 aliphatic carbocycles. The van der Waals surface area contributed by atoms with Crippen LogP contribution in [0.3, 0.4) is 0 Å². The first-order valence-corrected chi connectivity index (χ1v) is 6.50. The molecule has 1 aromatic rings. The molecule has 98 valence electrons. The Labute approximate surface area is 108 Å². The highest BCUT2D eigenvalue weighted by atomic mass is 16.5. The molecule has 4 nitrogen and oxygen atoms in total. The third-order valence-electron chi connectivity index (χ3n) is 3.08. The molecule has 0 spiro atoms. The van der Waals surface area contributed by atoms with Crippen molar-refractivity contribution in [1.29, 1.82) is 0 Å². The first-order valence-electron chi connectivity index (χ1n) is 6.50. The minimum Gasteiger partial charge on any atom is -0.494 e. The predicted octanol–water partition coefficient (Wildman–Crippen LogP) is 1.06. The summed E-state index contributed by atoms with van der Waals surface area (Å²) in [6.07, 6.45) is 0.427. The Morgan fingerprint density at radius 3 is 2.78 bits per heavy atom. The van der Waals surface area contributed by atoms with Crippen molar-refractivity contribution in [2.24, 2.45) is 0 Å². The second-order valence-electron chi connectivity index (χ2n) is 4.35. The number of hydrogen-bond donors (Lipinski definition) is 1. The molecule has 1 aliphatic heterocycles. The number of benzene rings is 1. The molecule has 0 bridgehead atoms. The van der Waals surface area contributed by atoms with E-state index in [9.17, 15) is 4.79 Å². The highest BCUT2D eigenvalue weighted by molar-refractivity contribution is 5.79. The number of piperazine rings is 1. The van der Waals surface area contributed by atoms with Crippen molar-refractivity contribution in [2.45, 2.75) is 13.3 Å². The van der Waals surface area contributed by atoms with Crippen molar-refractivity contribution >= 4 is 5.91 Å². The van der Waals surface area contributed by atoms with E-state index in [0.29, 0.717) is 13.0 Å². The Morgan fingerprint density at radius 2 is 2.06 bits per heavy atom. The van der Waals surface area contributed by atoms with E-state index >= 15 is 0 Å². The van der Waals surface area contributed by atoms with Gasteiger partial charge in [-0.25, -0.2) is 0 Å². The van der Waals surface area contributed by atoms with Gasteiger partial charge in [-0.1, -0.05) is 18.2 Å². The zero-order valence-electron chi connectivity index (χ0n) is 10.8. The summed E-state index contributed by atoms with van der Waals surface area (Å²) in [6.45, 7) is 5.96. The zero-order valence-corrected chi connectivity index (χ0v) is 10.8. The third kappa shape index (κ3) is 3.23. The molecular formula is C14H20N2O2. The van der Waals surface area contributed by atoms with Crippen molar-refractivity contribution in [1.82, 2.24) is 10.2 Å². The molecule has 0 saturated carbocycles. The number of nitrogens with one attached hydrogen (secondary N) is 1. The van der Waals surface area contributed by atoms with Gasteiger partial charge in [0.15, 0.2) is 0 Å². The van der Waals surface area contributed by atoms with Gasteiger partial charge in [0.1, 0.15) is 5.75 Å². The van der Waals surface area contributed by atoms with Crippen LogP contribution in [0.15, 0.2) is 24.3 Å². The fourth-order valence-electron chi connectivity index (χ4n) is 2.14. The van der Waals surface area contributed by atoms with E-state index < -0.39 is 0 Å². The first-order chi connectivity index (χ1) is 8.81. The van der Waals surface area contributed by atoms with Gasteiger partial charge < -0.3 is 15.0 Å². The summed E-state index contributed by atoms with van der Waals surface area (Å²) in [7, 11) is 0. The van der Waals surface area contributed by atoms with Gasteiger partial charge in [-0.3, -0.25) is 4.79 Å². The van der Waals surface area contributed by atoms with E-state index in [1.54, 1.807) is 0 Å². The van der Waals surface area contributed by atoms with Crippen LogP contribution in [0.4, 0.5) is 0 Å². The molecule has 18 heavy (non-hydrogen) atoms. The number of carbonyl (C=O) groups is 1. The maximum Gasteiger partial charge on any atom is 0.227 e. The maximum absolute atomic E-state index is 12.2. The zero-order chi connectivity index (χ0) is 12.8. The van der Waals surface area contributed by atoms with Crippen LogP contribution in [-0.2, 0) is 11.2 Å².